The smallest absolute Gasteiger partial charge is 0.221 e. The molecule has 1 N–H and O–H groups in total. The molecule has 0 aliphatic carbocycles. The number of benzene rings is 1. The van der Waals surface area contributed by atoms with Gasteiger partial charge in [-0.05, 0) is 29.5 Å². The van der Waals surface area contributed by atoms with Crippen LogP contribution in [-0.2, 0) is 11.2 Å². The zero-order valence-electron chi connectivity index (χ0n) is 11.1. The van der Waals surface area contributed by atoms with Crippen LogP contribution in [-0.4, -0.2) is 5.91 Å². The highest BCUT2D eigenvalue weighted by Gasteiger charge is 2.03. The average molecular weight is 231 g/mol. The van der Waals surface area contributed by atoms with Gasteiger partial charge in [0.2, 0.25) is 5.91 Å². The number of hydrogen-bond donors (Lipinski definition) is 1. The minimum Gasteiger partial charge on any atom is -0.326 e. The Morgan fingerprint density at radius 1 is 1.24 bits per heavy atom. The van der Waals surface area contributed by atoms with Crippen LogP contribution in [0.1, 0.15) is 33.3 Å². The molecule has 1 aromatic carbocycles. The first kappa shape index (κ1) is 13.5. The minimum atomic E-state index is -0.0367. The van der Waals surface area contributed by atoms with Crippen molar-refractivity contribution in [3.05, 3.63) is 42.0 Å². The van der Waals surface area contributed by atoms with Crippen molar-refractivity contribution in [2.24, 2.45) is 5.41 Å². The van der Waals surface area contributed by atoms with Crippen LogP contribution in [0, 0.1) is 5.41 Å². The van der Waals surface area contributed by atoms with Crippen molar-refractivity contribution in [2.75, 3.05) is 5.32 Å². The molecular formula is C15H21NO. The number of allylic oxidation sites excluding steroid dienone is 2. The summed E-state index contributed by atoms with van der Waals surface area (Å²) in [7, 11) is 0. The molecule has 0 atom stereocenters. The lowest BCUT2D eigenvalue weighted by Gasteiger charge is -2.11. The summed E-state index contributed by atoms with van der Waals surface area (Å²) in [5.41, 5.74) is 2.33. The molecule has 1 rings (SSSR count). The molecule has 0 heterocycles. The van der Waals surface area contributed by atoms with Gasteiger partial charge in [-0.15, -0.1) is 0 Å². The second kappa shape index (κ2) is 5.67. The monoisotopic (exact) mass is 231 g/mol. The average Bonchev–Trinajstić information content (AvgIpc) is 2.18. The summed E-state index contributed by atoms with van der Waals surface area (Å²) in [6.45, 7) is 8.07. The largest absolute Gasteiger partial charge is 0.326 e. The Kier molecular flexibility index (Phi) is 4.50. The number of nitrogens with one attached hydrogen (secondary N) is 1. The number of amides is 1. The first-order valence-corrected chi connectivity index (χ1v) is 5.91. The summed E-state index contributed by atoms with van der Waals surface area (Å²) in [5, 5.41) is 2.76. The molecule has 0 saturated heterocycles. The Morgan fingerprint density at radius 3 is 2.29 bits per heavy atom. The van der Waals surface area contributed by atoms with Crippen molar-refractivity contribution in [2.45, 2.75) is 34.1 Å². The molecule has 0 bridgehead atoms. The Labute approximate surface area is 104 Å². The van der Waals surface area contributed by atoms with E-state index in [0.717, 1.165) is 12.1 Å². The van der Waals surface area contributed by atoms with E-state index in [1.165, 1.54) is 12.5 Å². The Morgan fingerprint density at radius 2 is 1.82 bits per heavy atom. The first-order chi connectivity index (χ1) is 7.87. The van der Waals surface area contributed by atoms with Gasteiger partial charge in [-0.2, -0.15) is 0 Å². The fourth-order valence-corrected chi connectivity index (χ4v) is 1.48. The summed E-state index contributed by atoms with van der Waals surface area (Å²) in [4.78, 5) is 10.9. The standard InChI is InChI=1S/C15H21NO/c1-12(17)16-14-9-7-13(8-10-14)6-5-11-15(2,3)4/h5,7-11H,6H2,1-4H3,(H,16,17)/b11-5+. The first-order valence-electron chi connectivity index (χ1n) is 5.91. The van der Waals surface area contributed by atoms with Crippen molar-refractivity contribution in [3.63, 3.8) is 0 Å². The van der Waals surface area contributed by atoms with Crippen molar-refractivity contribution in [1.82, 2.24) is 0 Å². The summed E-state index contributed by atoms with van der Waals surface area (Å²) >= 11 is 0. The fourth-order valence-electron chi connectivity index (χ4n) is 1.48. The third kappa shape index (κ3) is 5.91. The van der Waals surface area contributed by atoms with E-state index in [9.17, 15) is 4.79 Å². The van der Waals surface area contributed by atoms with Gasteiger partial charge >= 0.3 is 0 Å². The predicted octanol–water partition coefficient (Wildman–Crippen LogP) is 3.79. The molecule has 0 unspecified atom stereocenters. The Hall–Kier alpha value is -1.57. The van der Waals surface area contributed by atoms with E-state index < -0.39 is 0 Å². The number of carbonyl (C=O) groups excluding carboxylic acids is 1. The van der Waals surface area contributed by atoms with Gasteiger partial charge in [-0.3, -0.25) is 4.79 Å². The highest BCUT2D eigenvalue weighted by atomic mass is 16.1. The van der Waals surface area contributed by atoms with Gasteiger partial charge in [0.25, 0.3) is 0 Å². The van der Waals surface area contributed by atoms with Gasteiger partial charge in [0.15, 0.2) is 0 Å². The number of rotatable bonds is 3. The molecule has 0 radical (unpaired) electrons. The normalized spacial score (nSPS) is 11.8. The van der Waals surface area contributed by atoms with Gasteiger partial charge < -0.3 is 5.32 Å². The molecule has 0 aliphatic rings. The van der Waals surface area contributed by atoms with Gasteiger partial charge in [0.05, 0.1) is 0 Å². The summed E-state index contributed by atoms with van der Waals surface area (Å²) < 4.78 is 0. The second-order valence-electron chi connectivity index (χ2n) is 5.35. The van der Waals surface area contributed by atoms with E-state index in [1.54, 1.807) is 0 Å². The van der Waals surface area contributed by atoms with E-state index in [4.69, 9.17) is 0 Å². The Balaban J connectivity index is 2.57. The number of carbonyl (C=O) groups is 1. The highest BCUT2D eigenvalue weighted by Crippen LogP contribution is 2.16. The van der Waals surface area contributed by atoms with Crippen LogP contribution >= 0.6 is 0 Å². The van der Waals surface area contributed by atoms with Crippen molar-refractivity contribution >= 4 is 11.6 Å². The van der Waals surface area contributed by atoms with Crippen LogP contribution in [0.5, 0.6) is 0 Å². The van der Waals surface area contributed by atoms with Crippen molar-refractivity contribution in [1.29, 1.82) is 0 Å². The van der Waals surface area contributed by atoms with E-state index in [0.29, 0.717) is 0 Å². The minimum absolute atomic E-state index is 0.0367. The molecule has 0 aliphatic heterocycles. The molecule has 0 spiro atoms. The van der Waals surface area contributed by atoms with Crippen LogP contribution in [0.4, 0.5) is 5.69 Å². The fraction of sp³-hybridized carbons (Fsp3) is 0.400. The SMILES string of the molecule is CC(=O)Nc1ccc(C/C=C/C(C)(C)C)cc1. The lowest BCUT2D eigenvalue weighted by Crippen LogP contribution is -2.05. The molecule has 17 heavy (non-hydrogen) atoms. The quantitative estimate of drug-likeness (QED) is 0.788. The molecular weight excluding hydrogens is 210 g/mol. The third-order valence-electron chi connectivity index (χ3n) is 2.25. The maximum absolute atomic E-state index is 10.9. The molecule has 0 saturated carbocycles. The zero-order valence-corrected chi connectivity index (χ0v) is 11.1. The summed E-state index contributed by atoms with van der Waals surface area (Å²) in [5.74, 6) is -0.0367. The maximum Gasteiger partial charge on any atom is 0.221 e. The lowest BCUT2D eigenvalue weighted by molar-refractivity contribution is -0.114. The molecule has 1 amide bonds. The van der Waals surface area contributed by atoms with E-state index in [1.807, 2.05) is 24.3 Å². The van der Waals surface area contributed by atoms with Crippen LogP contribution in [0.15, 0.2) is 36.4 Å². The number of hydrogen-bond acceptors (Lipinski definition) is 1. The van der Waals surface area contributed by atoms with Crippen LogP contribution in [0.25, 0.3) is 0 Å². The molecule has 0 fully saturated rings. The molecule has 2 heteroatoms. The highest BCUT2D eigenvalue weighted by molar-refractivity contribution is 5.88. The van der Waals surface area contributed by atoms with E-state index in [-0.39, 0.29) is 11.3 Å². The number of anilines is 1. The topological polar surface area (TPSA) is 29.1 Å². The third-order valence-corrected chi connectivity index (χ3v) is 2.25. The van der Waals surface area contributed by atoms with E-state index in [2.05, 4.69) is 38.2 Å². The molecule has 1 aromatic rings. The van der Waals surface area contributed by atoms with Gasteiger partial charge in [-0.25, -0.2) is 0 Å². The van der Waals surface area contributed by atoms with Crippen LogP contribution < -0.4 is 5.32 Å². The van der Waals surface area contributed by atoms with Crippen molar-refractivity contribution < 1.29 is 4.79 Å². The lowest BCUT2D eigenvalue weighted by atomic mass is 9.95. The summed E-state index contributed by atoms with van der Waals surface area (Å²) in [6, 6.07) is 7.94. The molecule has 0 aromatic heterocycles. The van der Waals surface area contributed by atoms with Gasteiger partial charge in [0, 0.05) is 12.6 Å². The van der Waals surface area contributed by atoms with E-state index >= 15 is 0 Å². The van der Waals surface area contributed by atoms with Gasteiger partial charge in [-0.1, -0.05) is 45.1 Å². The maximum atomic E-state index is 10.9. The molecule has 2 nitrogen and oxygen atoms in total. The van der Waals surface area contributed by atoms with Crippen LogP contribution in [0.3, 0.4) is 0 Å². The molecule has 92 valence electrons. The zero-order chi connectivity index (χ0) is 12.9. The second-order valence-corrected chi connectivity index (χ2v) is 5.35. The van der Waals surface area contributed by atoms with Crippen LogP contribution in [0.2, 0.25) is 0 Å². The van der Waals surface area contributed by atoms with Gasteiger partial charge in [0.1, 0.15) is 0 Å². The van der Waals surface area contributed by atoms with Crippen molar-refractivity contribution in [3.8, 4) is 0 Å². The Bertz CT molecular complexity index is 396. The summed E-state index contributed by atoms with van der Waals surface area (Å²) in [6.07, 6.45) is 5.33. The predicted molar refractivity (Wildman–Crippen MR) is 73.0 cm³/mol.